The lowest BCUT2D eigenvalue weighted by Gasteiger charge is -2.23. The van der Waals surface area contributed by atoms with E-state index in [0.717, 1.165) is 29.2 Å². The smallest absolute Gasteiger partial charge is 0.229 e. The quantitative estimate of drug-likeness (QED) is 0.637. The summed E-state index contributed by atoms with van der Waals surface area (Å²) in [5, 5.41) is 6.56. The summed E-state index contributed by atoms with van der Waals surface area (Å²) in [6.07, 6.45) is 1.27. The van der Waals surface area contributed by atoms with E-state index in [1.165, 1.54) is 5.56 Å². The predicted molar refractivity (Wildman–Crippen MR) is 115 cm³/mol. The summed E-state index contributed by atoms with van der Waals surface area (Å²) in [5.74, 6) is 2.15. The van der Waals surface area contributed by atoms with Gasteiger partial charge in [0.05, 0.1) is 18.4 Å². The third-order valence-corrected chi connectivity index (χ3v) is 5.00. The number of carbonyl (C=O) groups excluding carboxylic acids is 1. The second kappa shape index (κ2) is 7.91. The molecule has 1 heterocycles. The third-order valence-electron chi connectivity index (χ3n) is 5.00. The molecule has 1 aliphatic rings. The second-order valence-corrected chi connectivity index (χ2v) is 7.50. The summed E-state index contributed by atoms with van der Waals surface area (Å²) in [6.45, 7) is 4.12. The maximum absolute atomic E-state index is 12.7. The number of aromatic nitrogens is 2. The Bertz CT molecular complexity index is 1030. The Kier molecular flexibility index (Phi) is 5.16. The Balaban J connectivity index is 1.71. The summed E-state index contributed by atoms with van der Waals surface area (Å²) in [6, 6.07) is 15.6. The fourth-order valence-electron chi connectivity index (χ4n) is 3.49. The highest BCUT2D eigenvalue weighted by molar-refractivity contribution is 6.03. The molecule has 0 fully saturated rings. The van der Waals surface area contributed by atoms with E-state index in [1.54, 1.807) is 7.11 Å². The van der Waals surface area contributed by atoms with E-state index in [2.05, 4.69) is 27.5 Å². The number of benzene rings is 2. The molecule has 1 aromatic heterocycles. The van der Waals surface area contributed by atoms with E-state index in [1.807, 2.05) is 55.5 Å². The number of carbonyl (C=O) groups is 1. The minimum Gasteiger partial charge on any atom is -0.497 e. The van der Waals surface area contributed by atoms with Crippen LogP contribution in [0.1, 0.15) is 35.0 Å². The molecule has 2 aromatic carbocycles. The topological polar surface area (TPSA) is 76.1 Å². The van der Waals surface area contributed by atoms with Gasteiger partial charge in [-0.05, 0) is 55.7 Å². The fourth-order valence-corrected chi connectivity index (χ4v) is 3.49. The average molecular weight is 388 g/mol. The van der Waals surface area contributed by atoms with Gasteiger partial charge in [0.25, 0.3) is 0 Å². The van der Waals surface area contributed by atoms with Crippen LogP contribution >= 0.6 is 0 Å². The normalized spacial score (nSPS) is 15.6. The van der Waals surface area contributed by atoms with Crippen molar-refractivity contribution in [2.24, 2.45) is 5.92 Å². The van der Waals surface area contributed by atoms with Crippen LogP contribution in [-0.4, -0.2) is 22.9 Å². The van der Waals surface area contributed by atoms with E-state index in [9.17, 15) is 4.79 Å². The Labute approximate surface area is 170 Å². The van der Waals surface area contributed by atoms with Crippen LogP contribution in [0.2, 0.25) is 0 Å². The Morgan fingerprint density at radius 1 is 0.931 bits per heavy atom. The number of ketones is 1. The molecule has 6 nitrogen and oxygen atoms in total. The molecule has 29 heavy (non-hydrogen) atoms. The minimum atomic E-state index is 0.0874. The van der Waals surface area contributed by atoms with Gasteiger partial charge in [0.2, 0.25) is 5.95 Å². The largest absolute Gasteiger partial charge is 0.497 e. The minimum absolute atomic E-state index is 0.0874. The lowest BCUT2D eigenvalue weighted by molar-refractivity contribution is 0.0953. The Morgan fingerprint density at radius 3 is 2.28 bits per heavy atom. The van der Waals surface area contributed by atoms with Crippen molar-refractivity contribution in [1.29, 1.82) is 0 Å². The molecular formula is C23H24N4O2. The third kappa shape index (κ3) is 4.21. The molecule has 6 heteroatoms. The molecule has 1 atom stereocenters. The summed E-state index contributed by atoms with van der Waals surface area (Å²) >= 11 is 0. The standard InChI is InChI=1S/C23H24N4O2/c1-14-4-6-16(7-5-14)24-22-21-19(12-15(2)13-20(21)28)26-23(27-22)25-17-8-10-18(29-3)11-9-17/h4-11,15H,12-13H2,1-3H3,(H2,24,25,26,27). The predicted octanol–water partition coefficient (Wildman–Crippen LogP) is 5.05. The zero-order valence-corrected chi connectivity index (χ0v) is 16.8. The second-order valence-electron chi connectivity index (χ2n) is 7.50. The molecule has 3 aromatic rings. The number of nitrogens with one attached hydrogen (secondary N) is 2. The number of hydrogen-bond acceptors (Lipinski definition) is 6. The number of nitrogens with zero attached hydrogens (tertiary/aromatic N) is 2. The SMILES string of the molecule is COc1ccc(Nc2nc3c(c(Nc4ccc(C)cc4)n2)C(=O)CC(C)C3)cc1. The van der Waals surface area contributed by atoms with Crippen molar-refractivity contribution in [3.63, 3.8) is 0 Å². The zero-order valence-electron chi connectivity index (χ0n) is 16.8. The van der Waals surface area contributed by atoms with Crippen LogP contribution < -0.4 is 15.4 Å². The summed E-state index contributed by atoms with van der Waals surface area (Å²) in [5.41, 5.74) is 4.30. The van der Waals surface area contributed by atoms with Crippen LogP contribution in [0.5, 0.6) is 5.75 Å². The van der Waals surface area contributed by atoms with Gasteiger partial charge in [0.1, 0.15) is 11.6 Å². The summed E-state index contributed by atoms with van der Waals surface area (Å²) in [4.78, 5) is 22.0. The maximum Gasteiger partial charge on any atom is 0.229 e. The molecule has 4 rings (SSSR count). The molecule has 0 amide bonds. The van der Waals surface area contributed by atoms with Crippen LogP contribution in [0.15, 0.2) is 48.5 Å². The van der Waals surface area contributed by atoms with Crippen molar-refractivity contribution < 1.29 is 9.53 Å². The fraction of sp³-hybridized carbons (Fsp3) is 0.261. The lowest BCUT2D eigenvalue weighted by atomic mass is 9.87. The number of aryl methyl sites for hydroxylation is 1. The molecule has 0 spiro atoms. The van der Waals surface area contributed by atoms with Crippen molar-refractivity contribution in [1.82, 2.24) is 9.97 Å². The van der Waals surface area contributed by atoms with Gasteiger partial charge >= 0.3 is 0 Å². The van der Waals surface area contributed by atoms with E-state index in [-0.39, 0.29) is 11.7 Å². The van der Waals surface area contributed by atoms with Crippen molar-refractivity contribution in [3.8, 4) is 5.75 Å². The van der Waals surface area contributed by atoms with E-state index >= 15 is 0 Å². The highest BCUT2D eigenvalue weighted by Gasteiger charge is 2.28. The van der Waals surface area contributed by atoms with Gasteiger partial charge in [-0.1, -0.05) is 24.6 Å². The van der Waals surface area contributed by atoms with Crippen molar-refractivity contribution in [2.75, 3.05) is 17.7 Å². The molecule has 148 valence electrons. The Morgan fingerprint density at radius 2 is 1.59 bits per heavy atom. The molecule has 1 aliphatic carbocycles. The summed E-state index contributed by atoms with van der Waals surface area (Å²) < 4.78 is 5.20. The molecule has 1 unspecified atom stereocenters. The summed E-state index contributed by atoms with van der Waals surface area (Å²) in [7, 11) is 1.64. The maximum atomic E-state index is 12.7. The van der Waals surface area contributed by atoms with Gasteiger partial charge in [-0.3, -0.25) is 4.79 Å². The van der Waals surface area contributed by atoms with Gasteiger partial charge in [-0.15, -0.1) is 0 Å². The van der Waals surface area contributed by atoms with Crippen LogP contribution in [-0.2, 0) is 6.42 Å². The van der Waals surface area contributed by atoms with Crippen molar-refractivity contribution in [2.45, 2.75) is 26.7 Å². The molecule has 0 saturated heterocycles. The molecule has 2 N–H and O–H groups in total. The van der Waals surface area contributed by atoms with Crippen LogP contribution in [0.4, 0.5) is 23.1 Å². The number of fused-ring (bicyclic) bond motifs is 1. The molecule has 0 radical (unpaired) electrons. The van der Waals surface area contributed by atoms with Gasteiger partial charge in [0.15, 0.2) is 5.78 Å². The number of anilines is 4. The number of ether oxygens (including phenoxy) is 1. The lowest BCUT2D eigenvalue weighted by Crippen LogP contribution is -2.22. The monoisotopic (exact) mass is 388 g/mol. The number of hydrogen-bond donors (Lipinski definition) is 2. The average Bonchev–Trinajstić information content (AvgIpc) is 2.69. The van der Waals surface area contributed by atoms with Crippen molar-refractivity contribution in [3.05, 3.63) is 65.4 Å². The first-order valence-corrected chi connectivity index (χ1v) is 9.70. The highest BCUT2D eigenvalue weighted by Crippen LogP contribution is 2.32. The van der Waals surface area contributed by atoms with Gasteiger partial charge in [0, 0.05) is 17.8 Å². The first-order chi connectivity index (χ1) is 14.0. The van der Waals surface area contributed by atoms with Crippen LogP contribution in [0.25, 0.3) is 0 Å². The van der Waals surface area contributed by atoms with Gasteiger partial charge in [-0.25, -0.2) is 4.98 Å². The molecule has 0 aliphatic heterocycles. The first-order valence-electron chi connectivity index (χ1n) is 9.70. The molecular weight excluding hydrogens is 364 g/mol. The van der Waals surface area contributed by atoms with E-state index in [4.69, 9.17) is 4.74 Å². The Hall–Kier alpha value is -3.41. The van der Waals surface area contributed by atoms with Crippen LogP contribution in [0.3, 0.4) is 0 Å². The van der Waals surface area contributed by atoms with Gasteiger partial charge < -0.3 is 15.4 Å². The zero-order chi connectivity index (χ0) is 20.4. The first kappa shape index (κ1) is 18.9. The molecule has 0 saturated carbocycles. The highest BCUT2D eigenvalue weighted by atomic mass is 16.5. The van der Waals surface area contributed by atoms with E-state index < -0.39 is 0 Å². The van der Waals surface area contributed by atoms with E-state index in [0.29, 0.717) is 23.8 Å². The van der Waals surface area contributed by atoms with Crippen LogP contribution in [0, 0.1) is 12.8 Å². The number of rotatable bonds is 5. The molecule has 0 bridgehead atoms. The van der Waals surface area contributed by atoms with Crippen molar-refractivity contribution >= 4 is 28.9 Å². The number of Topliss-reactive ketones (excluding diaryl/α,β-unsaturated/α-hetero) is 1. The number of methoxy groups -OCH3 is 1. The van der Waals surface area contributed by atoms with Gasteiger partial charge in [-0.2, -0.15) is 4.98 Å².